The first-order valence-corrected chi connectivity index (χ1v) is 16.9. The van der Waals surface area contributed by atoms with Gasteiger partial charge < -0.3 is 4.74 Å². The van der Waals surface area contributed by atoms with Crippen molar-refractivity contribution >= 4 is 21.8 Å². The zero-order valence-electron chi connectivity index (χ0n) is 29.5. The van der Waals surface area contributed by atoms with E-state index in [-0.39, 0.29) is 5.41 Å². The van der Waals surface area contributed by atoms with Gasteiger partial charge in [-0.05, 0) is 109 Å². The molecule has 0 N–H and O–H groups in total. The monoisotopic (exact) mass is 632 g/mol. The Kier molecular flexibility index (Phi) is 7.74. The molecule has 5 nitrogen and oxygen atoms in total. The quantitative estimate of drug-likeness (QED) is 0.183. The first-order chi connectivity index (χ1) is 22.9. The number of aromatic nitrogens is 4. The molecule has 0 amide bonds. The van der Waals surface area contributed by atoms with Gasteiger partial charge in [0.2, 0.25) is 0 Å². The Morgan fingerprint density at radius 1 is 0.688 bits per heavy atom. The highest BCUT2D eigenvalue weighted by Crippen LogP contribution is 2.38. The first-order valence-electron chi connectivity index (χ1n) is 16.9. The van der Waals surface area contributed by atoms with Crippen LogP contribution in [0.15, 0.2) is 97.2 Å². The lowest BCUT2D eigenvalue weighted by molar-refractivity contribution is 0.481. The standard InChI is InChI=1S/C43H44N4O/c1-26(2)31-21-33(47-30(6)42(29(5)45-47)41-27(3)13-12-14-28(41)4)24-35(22-31)48-34-17-18-37-36-15-10-11-16-38(36)46(39(37)25-34)40-23-32(19-20-44-40)43(7,8)9/h10-26H,1-9H3. The highest BCUT2D eigenvalue weighted by atomic mass is 16.5. The summed E-state index contributed by atoms with van der Waals surface area (Å²) in [5, 5.41) is 7.43. The second-order valence-electron chi connectivity index (χ2n) is 14.4. The van der Waals surface area contributed by atoms with Crippen LogP contribution in [0.3, 0.4) is 0 Å². The molecule has 3 aromatic heterocycles. The van der Waals surface area contributed by atoms with Crippen LogP contribution in [0.5, 0.6) is 11.5 Å². The summed E-state index contributed by atoms with van der Waals surface area (Å²) in [5.41, 5.74) is 12.7. The smallest absolute Gasteiger partial charge is 0.137 e. The molecule has 0 atom stereocenters. The van der Waals surface area contributed by atoms with Crippen molar-refractivity contribution in [1.29, 1.82) is 0 Å². The van der Waals surface area contributed by atoms with Crippen LogP contribution in [0.4, 0.5) is 0 Å². The van der Waals surface area contributed by atoms with Crippen LogP contribution in [0.2, 0.25) is 0 Å². The topological polar surface area (TPSA) is 44.9 Å². The van der Waals surface area contributed by atoms with E-state index in [1.807, 2.05) is 6.20 Å². The van der Waals surface area contributed by atoms with E-state index in [9.17, 15) is 0 Å². The number of nitrogens with zero attached hydrogens (tertiary/aromatic N) is 4. The van der Waals surface area contributed by atoms with E-state index in [1.165, 1.54) is 44.2 Å². The summed E-state index contributed by atoms with van der Waals surface area (Å²) in [6.45, 7) is 19.8. The minimum absolute atomic E-state index is 0.00878. The zero-order chi connectivity index (χ0) is 33.9. The van der Waals surface area contributed by atoms with Crippen LogP contribution in [-0.2, 0) is 5.41 Å². The van der Waals surface area contributed by atoms with Gasteiger partial charge in [0.05, 0.1) is 22.4 Å². The van der Waals surface area contributed by atoms with Gasteiger partial charge in [0.25, 0.3) is 0 Å². The number of aryl methyl sites for hydroxylation is 3. The number of fused-ring (bicyclic) bond motifs is 3. The van der Waals surface area contributed by atoms with Crippen LogP contribution >= 0.6 is 0 Å². The molecule has 0 bridgehead atoms. The number of ether oxygens (including phenoxy) is 1. The van der Waals surface area contributed by atoms with Crippen LogP contribution in [-0.4, -0.2) is 19.3 Å². The maximum atomic E-state index is 6.73. The van der Waals surface area contributed by atoms with Gasteiger partial charge in [0, 0.05) is 40.4 Å². The number of pyridine rings is 1. The van der Waals surface area contributed by atoms with Crippen molar-refractivity contribution in [1.82, 2.24) is 19.3 Å². The maximum absolute atomic E-state index is 6.73. The molecule has 0 radical (unpaired) electrons. The van der Waals surface area contributed by atoms with Gasteiger partial charge in [-0.3, -0.25) is 4.57 Å². The Bertz CT molecular complexity index is 2310. The van der Waals surface area contributed by atoms with Crippen molar-refractivity contribution in [3.8, 4) is 34.1 Å². The van der Waals surface area contributed by atoms with Crippen molar-refractivity contribution in [2.45, 2.75) is 73.6 Å². The second-order valence-corrected chi connectivity index (χ2v) is 14.4. The second kappa shape index (κ2) is 11.8. The summed E-state index contributed by atoms with van der Waals surface area (Å²) in [4.78, 5) is 4.85. The third kappa shape index (κ3) is 5.47. The molecule has 0 unspecified atom stereocenters. The summed E-state index contributed by atoms with van der Waals surface area (Å²) in [6, 6.07) is 32.2. The molecule has 0 aliphatic rings. The molecule has 242 valence electrons. The van der Waals surface area contributed by atoms with Gasteiger partial charge >= 0.3 is 0 Å². The van der Waals surface area contributed by atoms with Gasteiger partial charge in [-0.25, -0.2) is 9.67 Å². The largest absolute Gasteiger partial charge is 0.457 e. The molecule has 0 aliphatic heterocycles. The Labute approximate surface area is 283 Å². The Morgan fingerprint density at radius 3 is 2.15 bits per heavy atom. The third-order valence-corrected chi connectivity index (χ3v) is 9.57. The third-order valence-electron chi connectivity index (χ3n) is 9.57. The van der Waals surface area contributed by atoms with E-state index in [1.54, 1.807) is 0 Å². The molecule has 48 heavy (non-hydrogen) atoms. The highest BCUT2D eigenvalue weighted by molar-refractivity contribution is 6.09. The van der Waals surface area contributed by atoms with Crippen molar-refractivity contribution in [2.75, 3.05) is 0 Å². The molecule has 0 aliphatic carbocycles. The summed E-state index contributed by atoms with van der Waals surface area (Å²) < 4.78 is 11.1. The molecule has 5 heteroatoms. The fourth-order valence-electron chi connectivity index (χ4n) is 6.99. The summed E-state index contributed by atoms with van der Waals surface area (Å²) in [7, 11) is 0. The fraction of sp³-hybridized carbons (Fsp3) is 0.256. The number of benzene rings is 4. The van der Waals surface area contributed by atoms with E-state index < -0.39 is 0 Å². The van der Waals surface area contributed by atoms with Crippen molar-refractivity contribution in [3.05, 3.63) is 131 Å². The Hall–Kier alpha value is -5.16. The summed E-state index contributed by atoms with van der Waals surface area (Å²) in [6.07, 6.45) is 1.92. The van der Waals surface area contributed by atoms with E-state index in [2.05, 4.69) is 163 Å². The molecule has 0 spiro atoms. The summed E-state index contributed by atoms with van der Waals surface area (Å²) in [5.74, 6) is 2.77. The first kappa shape index (κ1) is 31.4. The molecular weight excluding hydrogens is 589 g/mol. The van der Waals surface area contributed by atoms with E-state index in [0.717, 1.165) is 45.4 Å². The van der Waals surface area contributed by atoms with Gasteiger partial charge in [-0.2, -0.15) is 5.10 Å². The molecule has 0 saturated heterocycles. The maximum Gasteiger partial charge on any atom is 0.137 e. The molecule has 7 aromatic rings. The van der Waals surface area contributed by atoms with Crippen LogP contribution in [0, 0.1) is 27.7 Å². The minimum atomic E-state index is 0.00878. The molecule has 0 saturated carbocycles. The Balaban J connectivity index is 1.34. The van der Waals surface area contributed by atoms with Gasteiger partial charge in [-0.15, -0.1) is 0 Å². The number of hydrogen-bond acceptors (Lipinski definition) is 3. The summed E-state index contributed by atoms with van der Waals surface area (Å²) >= 11 is 0. The molecular formula is C43H44N4O. The van der Waals surface area contributed by atoms with Crippen LogP contribution < -0.4 is 4.74 Å². The lowest BCUT2D eigenvalue weighted by atomic mass is 9.88. The van der Waals surface area contributed by atoms with Crippen molar-refractivity contribution < 1.29 is 4.74 Å². The molecule has 7 rings (SSSR count). The minimum Gasteiger partial charge on any atom is -0.457 e. The van der Waals surface area contributed by atoms with Gasteiger partial charge in [0.1, 0.15) is 17.3 Å². The van der Waals surface area contributed by atoms with Gasteiger partial charge in [-0.1, -0.05) is 71.0 Å². The zero-order valence-corrected chi connectivity index (χ0v) is 29.5. The predicted molar refractivity (Wildman–Crippen MR) is 199 cm³/mol. The average Bonchev–Trinajstić information content (AvgIpc) is 3.53. The molecule has 4 aromatic carbocycles. The van der Waals surface area contributed by atoms with E-state index in [4.69, 9.17) is 14.8 Å². The van der Waals surface area contributed by atoms with Crippen molar-refractivity contribution in [2.24, 2.45) is 0 Å². The van der Waals surface area contributed by atoms with Crippen LogP contribution in [0.25, 0.3) is 44.4 Å². The normalized spacial score (nSPS) is 12.0. The van der Waals surface area contributed by atoms with E-state index in [0.29, 0.717) is 5.92 Å². The number of para-hydroxylation sites is 1. The lowest BCUT2D eigenvalue weighted by Crippen LogP contribution is -2.12. The number of rotatable bonds is 6. The van der Waals surface area contributed by atoms with Gasteiger partial charge in [0.15, 0.2) is 0 Å². The van der Waals surface area contributed by atoms with Crippen molar-refractivity contribution in [3.63, 3.8) is 0 Å². The molecule has 0 fully saturated rings. The SMILES string of the molecule is Cc1cccc(C)c1-c1c(C)nn(-c2cc(Oc3ccc4c5ccccc5n(-c5cc(C(C)(C)C)ccn5)c4c3)cc(C(C)C)c2)c1C. The number of hydrogen-bond donors (Lipinski definition) is 0. The lowest BCUT2D eigenvalue weighted by Gasteiger charge is -2.20. The predicted octanol–water partition coefficient (Wildman–Crippen LogP) is 11.5. The van der Waals surface area contributed by atoms with E-state index >= 15 is 0 Å². The highest BCUT2D eigenvalue weighted by Gasteiger charge is 2.21. The molecule has 3 heterocycles. The average molecular weight is 633 g/mol. The Morgan fingerprint density at radius 2 is 1.42 bits per heavy atom. The van der Waals surface area contributed by atoms with Crippen LogP contribution in [0.1, 0.15) is 74.2 Å². The fourth-order valence-corrected chi connectivity index (χ4v) is 6.99.